The molecule has 0 aliphatic heterocycles. The van der Waals surface area contributed by atoms with Crippen LogP contribution in [-0.4, -0.2) is 23.9 Å². The molecule has 0 spiro atoms. The van der Waals surface area contributed by atoms with Gasteiger partial charge in [-0.3, -0.25) is 4.79 Å². The molecule has 1 atom stereocenters. The van der Waals surface area contributed by atoms with E-state index in [-0.39, 0.29) is 5.91 Å². The number of carbonyl (C=O) groups excluding carboxylic acids is 1. The van der Waals surface area contributed by atoms with Crippen LogP contribution in [0.15, 0.2) is 6.07 Å². The van der Waals surface area contributed by atoms with Crippen molar-refractivity contribution in [1.82, 2.24) is 4.90 Å². The van der Waals surface area contributed by atoms with Gasteiger partial charge in [0, 0.05) is 18.0 Å². The van der Waals surface area contributed by atoms with Crippen LogP contribution < -0.4 is 0 Å². The van der Waals surface area contributed by atoms with E-state index in [1.54, 1.807) is 11.3 Å². The molecule has 0 fully saturated rings. The second kappa shape index (κ2) is 5.48. The smallest absolute Gasteiger partial charge is 0.263 e. The van der Waals surface area contributed by atoms with Crippen molar-refractivity contribution in [2.45, 2.75) is 46.6 Å². The van der Waals surface area contributed by atoms with Crippen molar-refractivity contribution in [3.8, 4) is 0 Å². The Morgan fingerprint density at radius 3 is 2.56 bits per heavy atom. The van der Waals surface area contributed by atoms with Crippen molar-refractivity contribution in [1.29, 1.82) is 0 Å². The van der Waals surface area contributed by atoms with E-state index < -0.39 is 0 Å². The zero-order valence-electron chi connectivity index (χ0n) is 10.8. The largest absolute Gasteiger partial charge is 0.338 e. The van der Waals surface area contributed by atoms with Gasteiger partial charge >= 0.3 is 0 Å². The van der Waals surface area contributed by atoms with Gasteiger partial charge in [-0.1, -0.05) is 13.8 Å². The van der Waals surface area contributed by atoms with Crippen LogP contribution in [-0.2, 0) is 6.42 Å². The molecule has 0 N–H and O–H groups in total. The monoisotopic (exact) mass is 239 g/mol. The fraction of sp³-hybridized carbons (Fsp3) is 0.615. The van der Waals surface area contributed by atoms with Crippen molar-refractivity contribution < 1.29 is 4.79 Å². The van der Waals surface area contributed by atoms with Crippen LogP contribution in [0.2, 0.25) is 0 Å². The van der Waals surface area contributed by atoms with E-state index in [4.69, 9.17) is 0 Å². The zero-order valence-corrected chi connectivity index (χ0v) is 11.6. The summed E-state index contributed by atoms with van der Waals surface area (Å²) in [6, 6.07) is 2.32. The van der Waals surface area contributed by atoms with Gasteiger partial charge in [0.15, 0.2) is 0 Å². The highest BCUT2D eigenvalue weighted by molar-refractivity contribution is 7.14. The Labute approximate surface area is 102 Å². The fourth-order valence-corrected chi connectivity index (χ4v) is 2.72. The van der Waals surface area contributed by atoms with Crippen LogP contribution in [0, 0.1) is 6.92 Å². The van der Waals surface area contributed by atoms with Gasteiger partial charge in [-0.15, -0.1) is 11.3 Å². The van der Waals surface area contributed by atoms with Crippen molar-refractivity contribution in [3.05, 3.63) is 21.4 Å². The summed E-state index contributed by atoms with van der Waals surface area (Å²) in [6.45, 7) is 8.39. The molecule has 1 aromatic rings. The number of aryl methyl sites for hydroxylation is 2. The first-order chi connectivity index (χ1) is 7.51. The summed E-state index contributed by atoms with van der Waals surface area (Å²) >= 11 is 1.63. The number of amides is 1. The Hall–Kier alpha value is -0.830. The lowest BCUT2D eigenvalue weighted by Gasteiger charge is -2.23. The Balaban J connectivity index is 2.88. The molecule has 90 valence electrons. The normalized spacial score (nSPS) is 12.6. The highest BCUT2D eigenvalue weighted by Gasteiger charge is 2.18. The van der Waals surface area contributed by atoms with Crippen LogP contribution in [0.25, 0.3) is 0 Å². The quantitative estimate of drug-likeness (QED) is 0.787. The number of carbonyl (C=O) groups is 1. The summed E-state index contributed by atoms with van der Waals surface area (Å²) in [5, 5.41) is 0. The summed E-state index contributed by atoms with van der Waals surface area (Å²) in [7, 11) is 1.89. The van der Waals surface area contributed by atoms with Crippen LogP contribution in [0.1, 0.15) is 47.3 Å². The highest BCUT2D eigenvalue weighted by Crippen LogP contribution is 2.24. The summed E-state index contributed by atoms with van der Waals surface area (Å²) in [6.07, 6.45) is 2.00. The topological polar surface area (TPSA) is 20.3 Å². The second-order valence-electron chi connectivity index (χ2n) is 4.24. The van der Waals surface area contributed by atoms with Crippen LogP contribution in [0.3, 0.4) is 0 Å². The Kier molecular flexibility index (Phi) is 4.54. The van der Waals surface area contributed by atoms with Gasteiger partial charge in [0.1, 0.15) is 0 Å². The maximum Gasteiger partial charge on any atom is 0.263 e. The molecule has 0 bridgehead atoms. The molecule has 2 nitrogen and oxygen atoms in total. The average Bonchev–Trinajstić information content (AvgIpc) is 2.67. The first-order valence-electron chi connectivity index (χ1n) is 5.87. The number of rotatable bonds is 4. The van der Waals surface area contributed by atoms with Gasteiger partial charge in [-0.05, 0) is 38.3 Å². The molecule has 3 heteroatoms. The van der Waals surface area contributed by atoms with E-state index in [2.05, 4.69) is 27.7 Å². The molecule has 1 heterocycles. The molecule has 1 amide bonds. The van der Waals surface area contributed by atoms with Gasteiger partial charge < -0.3 is 4.90 Å². The SMILES string of the molecule is CCc1sc(C(=O)N(C)C(C)CC)cc1C. The molecule has 1 aromatic heterocycles. The molecule has 1 unspecified atom stereocenters. The third kappa shape index (κ3) is 2.64. The Morgan fingerprint density at radius 2 is 2.12 bits per heavy atom. The van der Waals surface area contributed by atoms with Crippen molar-refractivity contribution in [2.75, 3.05) is 7.05 Å². The van der Waals surface area contributed by atoms with Gasteiger partial charge in [0.05, 0.1) is 4.88 Å². The molecule has 16 heavy (non-hydrogen) atoms. The minimum absolute atomic E-state index is 0.155. The third-order valence-corrected chi connectivity index (χ3v) is 4.49. The number of hydrogen-bond donors (Lipinski definition) is 0. The first-order valence-corrected chi connectivity index (χ1v) is 6.69. The molecular formula is C13H21NOS. The van der Waals surface area contributed by atoms with Crippen LogP contribution in [0.5, 0.6) is 0 Å². The molecule has 1 rings (SSSR count). The lowest BCUT2D eigenvalue weighted by atomic mass is 10.2. The summed E-state index contributed by atoms with van der Waals surface area (Å²) in [5.41, 5.74) is 1.24. The summed E-state index contributed by atoms with van der Waals surface area (Å²) in [4.78, 5) is 16.2. The lowest BCUT2D eigenvalue weighted by Crippen LogP contribution is -2.34. The number of nitrogens with zero attached hydrogens (tertiary/aromatic N) is 1. The molecule has 0 saturated heterocycles. The van der Waals surface area contributed by atoms with Gasteiger partial charge in [0.2, 0.25) is 0 Å². The molecule has 0 saturated carbocycles. The summed E-state index contributed by atoms with van der Waals surface area (Å²) < 4.78 is 0. The minimum Gasteiger partial charge on any atom is -0.338 e. The standard InChI is InChI=1S/C13H21NOS/c1-6-10(4)14(5)13(15)12-8-9(3)11(7-2)16-12/h8,10H,6-7H2,1-5H3. The predicted molar refractivity (Wildman–Crippen MR) is 70.3 cm³/mol. The van der Waals surface area contributed by atoms with E-state index >= 15 is 0 Å². The Morgan fingerprint density at radius 1 is 1.50 bits per heavy atom. The van der Waals surface area contributed by atoms with Crippen LogP contribution in [0.4, 0.5) is 0 Å². The zero-order chi connectivity index (χ0) is 12.3. The molecular weight excluding hydrogens is 218 g/mol. The van der Waals surface area contributed by atoms with E-state index in [1.165, 1.54) is 10.4 Å². The molecule has 0 aromatic carbocycles. The third-order valence-electron chi connectivity index (χ3n) is 3.12. The average molecular weight is 239 g/mol. The van der Waals surface area contributed by atoms with E-state index in [1.807, 2.05) is 18.0 Å². The minimum atomic E-state index is 0.155. The molecule has 0 aliphatic carbocycles. The van der Waals surface area contributed by atoms with Gasteiger partial charge in [0.25, 0.3) is 5.91 Å². The second-order valence-corrected chi connectivity index (χ2v) is 5.38. The summed E-state index contributed by atoms with van der Waals surface area (Å²) in [5.74, 6) is 0.155. The maximum atomic E-state index is 12.2. The number of thiophene rings is 1. The van der Waals surface area contributed by atoms with Crippen LogP contribution >= 0.6 is 11.3 Å². The van der Waals surface area contributed by atoms with E-state index in [0.29, 0.717) is 6.04 Å². The number of hydrogen-bond acceptors (Lipinski definition) is 2. The van der Waals surface area contributed by atoms with Gasteiger partial charge in [-0.25, -0.2) is 0 Å². The van der Waals surface area contributed by atoms with Crippen molar-refractivity contribution >= 4 is 17.2 Å². The fourth-order valence-electron chi connectivity index (χ4n) is 1.62. The van der Waals surface area contributed by atoms with Crippen molar-refractivity contribution in [2.24, 2.45) is 0 Å². The predicted octanol–water partition coefficient (Wildman–Crippen LogP) is 3.49. The van der Waals surface area contributed by atoms with Gasteiger partial charge in [-0.2, -0.15) is 0 Å². The molecule has 0 aliphatic rings. The Bertz CT molecular complexity index is 370. The van der Waals surface area contributed by atoms with Crippen molar-refractivity contribution in [3.63, 3.8) is 0 Å². The van der Waals surface area contributed by atoms with E-state index in [0.717, 1.165) is 17.7 Å². The lowest BCUT2D eigenvalue weighted by molar-refractivity contribution is 0.0745. The highest BCUT2D eigenvalue weighted by atomic mass is 32.1. The maximum absolute atomic E-state index is 12.2. The molecule has 0 radical (unpaired) electrons. The van der Waals surface area contributed by atoms with E-state index in [9.17, 15) is 4.79 Å². The first kappa shape index (κ1) is 13.2.